The van der Waals surface area contributed by atoms with Gasteiger partial charge < -0.3 is 15.8 Å². The summed E-state index contributed by atoms with van der Waals surface area (Å²) in [6.07, 6.45) is -3.74. The largest absolute Gasteiger partial charge is 0.573 e. The predicted octanol–water partition coefficient (Wildman–Crippen LogP) is 3.28. The Balaban J connectivity index is 2.55. The number of rotatable bonds is 2. The number of aromatic nitrogens is 1. The Morgan fingerprint density at radius 2 is 2.10 bits per heavy atom. The van der Waals surface area contributed by atoms with Crippen LogP contribution in [-0.4, -0.2) is 17.4 Å². The van der Waals surface area contributed by atoms with Gasteiger partial charge in [0.2, 0.25) is 0 Å². The second kappa shape index (κ2) is 5.04. The van der Waals surface area contributed by atoms with Crippen LogP contribution in [-0.2, 0) is 0 Å². The third-order valence-electron chi connectivity index (χ3n) is 2.28. The molecule has 5 nitrogen and oxygen atoms in total. The van der Waals surface area contributed by atoms with Gasteiger partial charge in [-0.2, -0.15) is 0 Å². The van der Waals surface area contributed by atoms with E-state index in [2.05, 4.69) is 15.0 Å². The smallest absolute Gasteiger partial charge is 0.403 e. The predicted molar refractivity (Wildman–Crippen MR) is 66.6 cm³/mol. The normalized spacial score (nSPS) is 11.4. The molecule has 0 aliphatic carbocycles. The van der Waals surface area contributed by atoms with Crippen molar-refractivity contribution in [3.63, 3.8) is 0 Å². The molecule has 9 heteroatoms. The summed E-state index contributed by atoms with van der Waals surface area (Å²) in [6.45, 7) is 0. The lowest BCUT2D eigenvalue weighted by Gasteiger charge is -2.12. The summed E-state index contributed by atoms with van der Waals surface area (Å²) in [5, 5.41) is 2.42. The van der Waals surface area contributed by atoms with Crippen LogP contribution in [0.2, 0.25) is 5.02 Å². The summed E-state index contributed by atoms with van der Waals surface area (Å²) < 4.78 is 40.7. The van der Waals surface area contributed by atoms with Gasteiger partial charge in [0.15, 0.2) is 5.75 Å². The van der Waals surface area contributed by atoms with Crippen LogP contribution in [0.25, 0.3) is 10.9 Å². The minimum atomic E-state index is -4.84. The number of carbonyl (C=O) groups is 1. The van der Waals surface area contributed by atoms with Gasteiger partial charge in [0.05, 0.1) is 16.9 Å². The monoisotopic (exact) mass is 305 g/mol. The molecule has 0 radical (unpaired) electrons. The molecule has 0 saturated heterocycles. The molecule has 2 amide bonds. The number of amides is 2. The summed E-state index contributed by atoms with van der Waals surface area (Å²) in [7, 11) is 0. The van der Waals surface area contributed by atoms with Gasteiger partial charge in [-0.25, -0.2) is 4.79 Å². The molecular weight excluding hydrogens is 299 g/mol. The molecule has 0 aliphatic rings. The summed E-state index contributed by atoms with van der Waals surface area (Å²) >= 11 is 5.98. The van der Waals surface area contributed by atoms with E-state index >= 15 is 0 Å². The Morgan fingerprint density at radius 3 is 2.70 bits per heavy atom. The van der Waals surface area contributed by atoms with E-state index in [0.29, 0.717) is 0 Å². The number of para-hydroxylation sites is 1. The van der Waals surface area contributed by atoms with Crippen molar-refractivity contribution < 1.29 is 22.7 Å². The summed E-state index contributed by atoms with van der Waals surface area (Å²) in [6, 6.07) is 3.02. The molecule has 0 saturated carbocycles. The van der Waals surface area contributed by atoms with Crippen molar-refractivity contribution in [1.82, 2.24) is 4.98 Å². The lowest BCUT2D eigenvalue weighted by atomic mass is 10.2. The van der Waals surface area contributed by atoms with Crippen molar-refractivity contribution in [3.8, 4) is 5.75 Å². The standard InChI is InChI=1S/C11H7ClF3N3O2/c12-8-5-2-1-3-7(20-11(13,14)15)9(5)17-4-6(8)18-10(16)19/h1-4H,(H3,16,18,19). The summed E-state index contributed by atoms with van der Waals surface area (Å²) in [4.78, 5) is 14.6. The Bertz CT molecular complexity index is 676. The molecule has 106 valence electrons. The first-order valence-electron chi connectivity index (χ1n) is 5.17. The Kier molecular flexibility index (Phi) is 3.58. The highest BCUT2D eigenvalue weighted by Crippen LogP contribution is 2.35. The van der Waals surface area contributed by atoms with Gasteiger partial charge in [-0.1, -0.05) is 23.7 Å². The first-order valence-corrected chi connectivity index (χ1v) is 5.55. The van der Waals surface area contributed by atoms with E-state index in [9.17, 15) is 18.0 Å². The fourth-order valence-corrected chi connectivity index (χ4v) is 1.84. The second-order valence-electron chi connectivity index (χ2n) is 3.68. The zero-order valence-corrected chi connectivity index (χ0v) is 10.4. The van der Waals surface area contributed by atoms with Crippen LogP contribution in [0.5, 0.6) is 5.75 Å². The maximum Gasteiger partial charge on any atom is 0.573 e. The van der Waals surface area contributed by atoms with Gasteiger partial charge in [0, 0.05) is 5.39 Å². The molecule has 0 spiro atoms. The van der Waals surface area contributed by atoms with Crippen LogP contribution in [0, 0.1) is 0 Å². The number of fused-ring (bicyclic) bond motifs is 1. The third kappa shape index (κ3) is 3.02. The van der Waals surface area contributed by atoms with E-state index in [1.807, 2.05) is 0 Å². The van der Waals surface area contributed by atoms with E-state index in [0.717, 1.165) is 12.3 Å². The Morgan fingerprint density at radius 1 is 1.40 bits per heavy atom. The second-order valence-corrected chi connectivity index (χ2v) is 4.05. The molecule has 0 bridgehead atoms. The van der Waals surface area contributed by atoms with Crippen LogP contribution in [0.1, 0.15) is 0 Å². The number of primary amides is 1. The topological polar surface area (TPSA) is 77.2 Å². The van der Waals surface area contributed by atoms with Crippen molar-refractivity contribution in [1.29, 1.82) is 0 Å². The van der Waals surface area contributed by atoms with Crippen LogP contribution in [0.15, 0.2) is 24.4 Å². The van der Waals surface area contributed by atoms with Gasteiger partial charge in [-0.05, 0) is 6.07 Å². The molecule has 0 atom stereocenters. The van der Waals surface area contributed by atoms with E-state index in [-0.39, 0.29) is 21.6 Å². The number of nitrogens with two attached hydrogens (primary N) is 1. The van der Waals surface area contributed by atoms with E-state index in [4.69, 9.17) is 17.3 Å². The number of halogens is 4. The zero-order valence-electron chi connectivity index (χ0n) is 9.66. The highest BCUT2D eigenvalue weighted by Gasteiger charge is 2.32. The molecule has 2 rings (SSSR count). The number of hydrogen-bond donors (Lipinski definition) is 2. The average Bonchev–Trinajstić information content (AvgIpc) is 2.31. The van der Waals surface area contributed by atoms with E-state index in [1.54, 1.807) is 0 Å². The number of hydrogen-bond acceptors (Lipinski definition) is 3. The lowest BCUT2D eigenvalue weighted by Crippen LogP contribution is -2.20. The average molecular weight is 306 g/mol. The van der Waals surface area contributed by atoms with E-state index in [1.165, 1.54) is 12.1 Å². The third-order valence-corrected chi connectivity index (χ3v) is 2.69. The molecular formula is C11H7ClF3N3O2. The fraction of sp³-hybridized carbons (Fsp3) is 0.0909. The number of nitrogens with one attached hydrogen (secondary N) is 1. The SMILES string of the molecule is NC(=O)Nc1cnc2c(OC(F)(F)F)cccc2c1Cl. The summed E-state index contributed by atoms with van der Waals surface area (Å²) in [5.41, 5.74) is 4.96. The minimum Gasteiger partial charge on any atom is -0.403 e. The number of anilines is 1. The number of pyridine rings is 1. The van der Waals surface area contributed by atoms with Gasteiger partial charge in [0.1, 0.15) is 5.52 Å². The highest BCUT2D eigenvalue weighted by molar-refractivity contribution is 6.38. The molecule has 2 aromatic rings. The number of carbonyl (C=O) groups excluding carboxylic acids is 1. The number of benzene rings is 1. The zero-order chi connectivity index (χ0) is 14.9. The first kappa shape index (κ1) is 14.2. The van der Waals surface area contributed by atoms with Gasteiger partial charge >= 0.3 is 12.4 Å². The molecule has 1 heterocycles. The van der Waals surface area contributed by atoms with Crippen molar-refractivity contribution in [2.45, 2.75) is 6.36 Å². The molecule has 1 aromatic carbocycles. The minimum absolute atomic E-state index is 0.0152. The van der Waals surface area contributed by atoms with Crippen molar-refractivity contribution in [2.75, 3.05) is 5.32 Å². The van der Waals surface area contributed by atoms with Crippen LogP contribution in [0.3, 0.4) is 0 Å². The number of alkyl halides is 3. The van der Waals surface area contributed by atoms with Crippen LogP contribution in [0.4, 0.5) is 23.7 Å². The molecule has 0 fully saturated rings. The molecule has 1 aromatic heterocycles. The fourth-order valence-electron chi connectivity index (χ4n) is 1.59. The van der Waals surface area contributed by atoms with Gasteiger partial charge in [-0.15, -0.1) is 13.2 Å². The highest BCUT2D eigenvalue weighted by atomic mass is 35.5. The van der Waals surface area contributed by atoms with Crippen LogP contribution < -0.4 is 15.8 Å². The summed E-state index contributed by atoms with van der Waals surface area (Å²) in [5.74, 6) is -0.484. The quantitative estimate of drug-likeness (QED) is 0.894. The van der Waals surface area contributed by atoms with Crippen molar-refractivity contribution in [3.05, 3.63) is 29.4 Å². The Hall–Kier alpha value is -2.22. The maximum absolute atomic E-state index is 12.3. The Labute approximate surface area is 115 Å². The van der Waals surface area contributed by atoms with Gasteiger partial charge in [-0.3, -0.25) is 4.98 Å². The van der Waals surface area contributed by atoms with Crippen molar-refractivity contribution >= 4 is 34.2 Å². The molecule has 0 aliphatic heterocycles. The number of nitrogens with zero attached hydrogens (tertiary/aromatic N) is 1. The lowest BCUT2D eigenvalue weighted by molar-refractivity contribution is -0.274. The number of urea groups is 1. The van der Waals surface area contributed by atoms with Crippen molar-refractivity contribution in [2.24, 2.45) is 5.73 Å². The first-order chi connectivity index (χ1) is 9.28. The maximum atomic E-state index is 12.3. The van der Waals surface area contributed by atoms with Crippen LogP contribution >= 0.6 is 11.6 Å². The molecule has 3 N–H and O–H groups in total. The van der Waals surface area contributed by atoms with Gasteiger partial charge in [0.25, 0.3) is 0 Å². The van der Waals surface area contributed by atoms with E-state index < -0.39 is 18.1 Å². The molecule has 20 heavy (non-hydrogen) atoms. The molecule has 0 unspecified atom stereocenters. The number of ether oxygens (including phenoxy) is 1.